The molecular formula is C19H23NO2. The molecule has 2 rings (SSSR count). The van der Waals surface area contributed by atoms with E-state index in [1.54, 1.807) is 0 Å². The third-order valence-electron chi connectivity index (χ3n) is 3.49. The molecule has 0 atom stereocenters. The molecule has 116 valence electrons. The van der Waals surface area contributed by atoms with Crippen molar-refractivity contribution in [2.75, 3.05) is 11.9 Å². The van der Waals surface area contributed by atoms with Gasteiger partial charge in [-0.1, -0.05) is 51.1 Å². The lowest BCUT2D eigenvalue weighted by atomic mass is 9.87. The van der Waals surface area contributed by atoms with E-state index in [4.69, 9.17) is 4.74 Å². The first-order valence-electron chi connectivity index (χ1n) is 7.45. The van der Waals surface area contributed by atoms with Crippen molar-refractivity contribution in [3.8, 4) is 5.75 Å². The van der Waals surface area contributed by atoms with Crippen molar-refractivity contribution >= 4 is 11.6 Å². The van der Waals surface area contributed by atoms with Gasteiger partial charge < -0.3 is 10.1 Å². The van der Waals surface area contributed by atoms with E-state index in [1.807, 2.05) is 55.5 Å². The highest BCUT2D eigenvalue weighted by atomic mass is 16.5. The van der Waals surface area contributed by atoms with Crippen molar-refractivity contribution < 1.29 is 9.53 Å². The van der Waals surface area contributed by atoms with Gasteiger partial charge in [0.25, 0.3) is 5.91 Å². The van der Waals surface area contributed by atoms with E-state index >= 15 is 0 Å². The molecule has 0 aromatic heterocycles. The number of benzene rings is 2. The Kier molecular flexibility index (Phi) is 4.86. The second-order valence-corrected chi connectivity index (χ2v) is 6.43. The summed E-state index contributed by atoms with van der Waals surface area (Å²) in [7, 11) is 0. The van der Waals surface area contributed by atoms with Crippen LogP contribution in [-0.2, 0) is 10.2 Å². The summed E-state index contributed by atoms with van der Waals surface area (Å²) in [5, 5.41) is 2.85. The van der Waals surface area contributed by atoms with E-state index in [0.717, 1.165) is 17.0 Å². The minimum atomic E-state index is -0.160. The van der Waals surface area contributed by atoms with Gasteiger partial charge in [0.2, 0.25) is 0 Å². The van der Waals surface area contributed by atoms with Gasteiger partial charge in [-0.05, 0) is 41.7 Å². The Bertz CT molecular complexity index is 639. The Hall–Kier alpha value is -2.29. The van der Waals surface area contributed by atoms with Gasteiger partial charge in [0.1, 0.15) is 5.75 Å². The fourth-order valence-corrected chi connectivity index (χ4v) is 2.11. The lowest BCUT2D eigenvalue weighted by molar-refractivity contribution is -0.118. The third kappa shape index (κ3) is 4.35. The van der Waals surface area contributed by atoms with Crippen molar-refractivity contribution in [2.45, 2.75) is 33.1 Å². The van der Waals surface area contributed by atoms with Crippen LogP contribution in [0.3, 0.4) is 0 Å². The zero-order chi connectivity index (χ0) is 16.2. The van der Waals surface area contributed by atoms with Crippen LogP contribution in [0.1, 0.15) is 31.9 Å². The van der Waals surface area contributed by atoms with Gasteiger partial charge in [0.15, 0.2) is 6.61 Å². The smallest absolute Gasteiger partial charge is 0.262 e. The van der Waals surface area contributed by atoms with Gasteiger partial charge in [-0.3, -0.25) is 4.79 Å². The van der Waals surface area contributed by atoms with Gasteiger partial charge in [-0.25, -0.2) is 0 Å². The summed E-state index contributed by atoms with van der Waals surface area (Å²) in [6.07, 6.45) is 0. The van der Waals surface area contributed by atoms with E-state index in [0.29, 0.717) is 0 Å². The lowest BCUT2D eigenvalue weighted by Gasteiger charge is -2.19. The van der Waals surface area contributed by atoms with Crippen molar-refractivity contribution in [2.24, 2.45) is 0 Å². The van der Waals surface area contributed by atoms with Gasteiger partial charge in [-0.15, -0.1) is 0 Å². The molecule has 0 fully saturated rings. The van der Waals surface area contributed by atoms with Crippen molar-refractivity contribution in [1.82, 2.24) is 0 Å². The molecule has 0 saturated carbocycles. The Labute approximate surface area is 132 Å². The number of anilines is 1. The van der Waals surface area contributed by atoms with E-state index in [9.17, 15) is 4.79 Å². The van der Waals surface area contributed by atoms with Crippen LogP contribution in [0.4, 0.5) is 5.69 Å². The molecule has 22 heavy (non-hydrogen) atoms. The number of aryl methyl sites for hydroxylation is 1. The van der Waals surface area contributed by atoms with Gasteiger partial charge >= 0.3 is 0 Å². The zero-order valence-electron chi connectivity index (χ0n) is 13.6. The normalized spacial score (nSPS) is 11.1. The Morgan fingerprint density at radius 2 is 1.68 bits per heavy atom. The van der Waals surface area contributed by atoms with Crippen LogP contribution in [0.5, 0.6) is 5.75 Å². The van der Waals surface area contributed by atoms with Gasteiger partial charge in [0, 0.05) is 5.69 Å². The van der Waals surface area contributed by atoms with E-state index in [-0.39, 0.29) is 17.9 Å². The first kappa shape index (κ1) is 16.1. The number of hydrogen-bond acceptors (Lipinski definition) is 2. The molecular weight excluding hydrogens is 274 g/mol. The maximum absolute atomic E-state index is 11.9. The number of para-hydroxylation sites is 1. The summed E-state index contributed by atoms with van der Waals surface area (Å²) in [6.45, 7) is 8.45. The quantitative estimate of drug-likeness (QED) is 0.913. The summed E-state index contributed by atoms with van der Waals surface area (Å²) in [5.41, 5.74) is 3.15. The molecule has 0 radical (unpaired) electrons. The highest BCUT2D eigenvalue weighted by molar-refractivity contribution is 5.91. The topological polar surface area (TPSA) is 38.3 Å². The highest BCUT2D eigenvalue weighted by Gasteiger charge is 2.13. The summed E-state index contributed by atoms with van der Waals surface area (Å²) >= 11 is 0. The van der Waals surface area contributed by atoms with Crippen molar-refractivity contribution in [3.63, 3.8) is 0 Å². The molecule has 0 aliphatic carbocycles. The summed E-state index contributed by atoms with van der Waals surface area (Å²) in [5.74, 6) is 0.576. The predicted octanol–water partition coefficient (Wildman–Crippen LogP) is 4.31. The largest absolute Gasteiger partial charge is 0.483 e. The van der Waals surface area contributed by atoms with E-state index < -0.39 is 0 Å². The SMILES string of the molecule is Cc1ccccc1OCC(=O)Nc1ccc(C(C)(C)C)cc1. The summed E-state index contributed by atoms with van der Waals surface area (Å²) in [4.78, 5) is 11.9. The van der Waals surface area contributed by atoms with E-state index in [1.165, 1.54) is 5.56 Å². The van der Waals surface area contributed by atoms with Crippen LogP contribution in [0.2, 0.25) is 0 Å². The van der Waals surface area contributed by atoms with Crippen molar-refractivity contribution in [1.29, 1.82) is 0 Å². The molecule has 0 heterocycles. The first-order valence-corrected chi connectivity index (χ1v) is 7.45. The zero-order valence-corrected chi connectivity index (χ0v) is 13.6. The first-order chi connectivity index (χ1) is 10.4. The molecule has 0 spiro atoms. The molecule has 0 aliphatic rings. The monoisotopic (exact) mass is 297 g/mol. The van der Waals surface area contributed by atoms with Gasteiger partial charge in [-0.2, -0.15) is 0 Å². The molecule has 0 saturated heterocycles. The lowest BCUT2D eigenvalue weighted by Crippen LogP contribution is -2.20. The molecule has 1 N–H and O–H groups in total. The molecule has 2 aromatic carbocycles. The minimum Gasteiger partial charge on any atom is -0.483 e. The van der Waals surface area contributed by atoms with Crippen LogP contribution in [-0.4, -0.2) is 12.5 Å². The van der Waals surface area contributed by atoms with Crippen LogP contribution in [0, 0.1) is 6.92 Å². The van der Waals surface area contributed by atoms with Crippen LogP contribution < -0.4 is 10.1 Å². The van der Waals surface area contributed by atoms with E-state index in [2.05, 4.69) is 26.1 Å². The maximum Gasteiger partial charge on any atom is 0.262 e. The average molecular weight is 297 g/mol. The number of hydrogen-bond donors (Lipinski definition) is 1. The highest BCUT2D eigenvalue weighted by Crippen LogP contribution is 2.23. The predicted molar refractivity (Wildman–Crippen MR) is 90.4 cm³/mol. The van der Waals surface area contributed by atoms with Crippen LogP contribution in [0.15, 0.2) is 48.5 Å². The van der Waals surface area contributed by atoms with Crippen LogP contribution >= 0.6 is 0 Å². The fraction of sp³-hybridized carbons (Fsp3) is 0.316. The maximum atomic E-state index is 11.9. The number of ether oxygens (including phenoxy) is 1. The second kappa shape index (κ2) is 6.65. The Balaban J connectivity index is 1.91. The molecule has 0 aliphatic heterocycles. The Morgan fingerprint density at radius 3 is 2.27 bits per heavy atom. The molecule has 1 amide bonds. The molecule has 0 bridgehead atoms. The Morgan fingerprint density at radius 1 is 1.05 bits per heavy atom. The molecule has 2 aromatic rings. The molecule has 0 unspecified atom stereocenters. The molecule has 3 nitrogen and oxygen atoms in total. The second-order valence-electron chi connectivity index (χ2n) is 6.43. The number of nitrogens with one attached hydrogen (secondary N) is 1. The fourth-order valence-electron chi connectivity index (χ4n) is 2.11. The number of rotatable bonds is 4. The number of carbonyl (C=O) groups is 1. The summed E-state index contributed by atoms with van der Waals surface area (Å²) < 4.78 is 5.54. The standard InChI is InChI=1S/C19H23NO2/c1-14-7-5-6-8-17(14)22-13-18(21)20-16-11-9-15(10-12-16)19(2,3)4/h5-12H,13H2,1-4H3,(H,20,21). The van der Waals surface area contributed by atoms with Crippen LogP contribution in [0.25, 0.3) is 0 Å². The average Bonchev–Trinajstić information content (AvgIpc) is 2.46. The summed E-state index contributed by atoms with van der Waals surface area (Å²) in [6, 6.07) is 15.6. The third-order valence-corrected chi connectivity index (χ3v) is 3.49. The minimum absolute atomic E-state index is 0.00583. The number of amides is 1. The van der Waals surface area contributed by atoms with Gasteiger partial charge in [0.05, 0.1) is 0 Å². The molecule has 3 heteroatoms. The number of carbonyl (C=O) groups excluding carboxylic acids is 1. The van der Waals surface area contributed by atoms with Crippen molar-refractivity contribution in [3.05, 3.63) is 59.7 Å².